The maximum atomic E-state index is 7.05. The summed E-state index contributed by atoms with van der Waals surface area (Å²) in [5, 5.41) is 0. The van der Waals surface area contributed by atoms with Crippen LogP contribution < -0.4 is 0 Å². The van der Waals surface area contributed by atoms with Crippen LogP contribution in [0.5, 0.6) is 0 Å². The van der Waals surface area contributed by atoms with E-state index in [-0.39, 0.29) is 37.8 Å². The summed E-state index contributed by atoms with van der Waals surface area (Å²) in [7, 11) is -37.7. The van der Waals surface area contributed by atoms with Gasteiger partial charge in [0.1, 0.15) is 0 Å². The Bertz CT molecular complexity index is 1780. The molecule has 0 aromatic carbocycles. The minimum Gasteiger partial charge on any atom is -0.441 e. The fourth-order valence-electron chi connectivity index (χ4n) is 10.9. The molecule has 0 aromatic heterocycles. The molecule has 4 saturated heterocycles. The van der Waals surface area contributed by atoms with Crippen molar-refractivity contribution >= 4 is 231 Å². The Morgan fingerprint density at radius 2 is 0.722 bits per heavy atom. The van der Waals surface area contributed by atoms with Crippen molar-refractivity contribution in [2.24, 2.45) is 0 Å². The Morgan fingerprint density at radius 1 is 0.371 bits per heavy atom. The fraction of sp³-hybridized carbons (Fsp3) is 1.00. The van der Waals surface area contributed by atoms with Gasteiger partial charge in [-0.3, -0.25) is 0 Å². The van der Waals surface area contributed by atoms with Gasteiger partial charge in [0, 0.05) is 38.6 Å². The molecule has 0 aliphatic carbocycles. The molecule has 4 aliphatic rings. The third-order valence-corrected chi connectivity index (χ3v) is 85.6. The molecule has 4 heterocycles. The Balaban J connectivity index is 0. The Morgan fingerprint density at radius 3 is 1.14 bits per heavy atom. The summed E-state index contributed by atoms with van der Waals surface area (Å²) < 4.78 is 151. The molecule has 49 heteroatoms. The molecule has 4 rings (SSSR count). The summed E-state index contributed by atoms with van der Waals surface area (Å²) in [6.45, 7) is 64.3. The van der Waals surface area contributed by atoms with Gasteiger partial charge in [-0.15, -0.1) is 0 Å². The standard InChI is InChI=1S/C32H100O19Si20.C8H22O3Si3.2C2H8OSi.2C2H6/c1-30-27-59(7)45-65(46-60(8)33-30)23-25-67(13,14)40-54-37-56-42-71(38-52-4,41-55-36-53-39-66(11,12)24-21-63-34-31(2)28-57(5)43-61(9)47-63)51-70(19,20)50-69(17,18)49-68(15,16)26-22-64-35-32(3)29-58(6)44-62(10)48-64;1-5-6-14-7-8(2)9-12(3)10-13(4)11-14;2*1-3-4-2;2*1-2/h30-32,57-65H,21-29,52-56H2,1-20H3;8,12-14H,5-7H2,1-4H3;2*4H2,1-2H3;2*1-2H3. The van der Waals surface area contributed by atoms with Gasteiger partial charge >= 0.3 is 72.6 Å². The van der Waals surface area contributed by atoms with E-state index in [1.54, 1.807) is 14.2 Å². The van der Waals surface area contributed by atoms with Gasteiger partial charge in [-0.25, -0.2) is 0 Å². The van der Waals surface area contributed by atoms with Gasteiger partial charge in [-0.05, 0) is 212 Å². The monoisotopic (exact) mass is 1810 g/mol. The van der Waals surface area contributed by atoms with Crippen LogP contribution in [-0.2, 0) is 101 Å². The molecular weight excluding hydrogens is 1660 g/mol. The van der Waals surface area contributed by atoms with Crippen LogP contribution in [-0.4, -0.2) is 270 Å². The van der Waals surface area contributed by atoms with Crippen LogP contribution in [0.2, 0.25) is 204 Å². The van der Waals surface area contributed by atoms with E-state index in [0.29, 0.717) is 6.10 Å². The lowest BCUT2D eigenvalue weighted by atomic mass is 10.5. The highest BCUT2D eigenvalue weighted by atomic mass is 28.5. The van der Waals surface area contributed by atoms with E-state index in [9.17, 15) is 0 Å². The molecular formula is C48H150O24Si25. The smallest absolute Gasteiger partial charge is 0.441 e. The van der Waals surface area contributed by atoms with Crippen LogP contribution in [0.4, 0.5) is 0 Å². The largest absolute Gasteiger partial charge is 0.640 e. The van der Waals surface area contributed by atoms with Crippen molar-refractivity contribution in [1.29, 1.82) is 0 Å². The van der Waals surface area contributed by atoms with Crippen molar-refractivity contribution in [3.63, 3.8) is 0 Å². The predicted octanol–water partition coefficient (Wildman–Crippen LogP) is 4.22. The van der Waals surface area contributed by atoms with Crippen LogP contribution in [0.25, 0.3) is 0 Å². The van der Waals surface area contributed by atoms with E-state index in [2.05, 4.69) is 168 Å². The first-order valence-corrected chi connectivity index (χ1v) is 89.0. The maximum Gasteiger partial charge on any atom is 0.640 e. The second-order valence-corrected chi connectivity index (χ2v) is 89.7. The quantitative estimate of drug-likeness (QED) is 0.0663. The second kappa shape index (κ2) is 57.5. The zero-order valence-electron chi connectivity index (χ0n) is 67.5. The topological polar surface area (TPSA) is 222 Å². The summed E-state index contributed by atoms with van der Waals surface area (Å²) in [6, 6.07) is 11.1. The summed E-state index contributed by atoms with van der Waals surface area (Å²) in [5.41, 5.74) is 0. The third kappa shape index (κ3) is 54.7. The Kier molecular flexibility index (Phi) is 61.4. The molecule has 0 bridgehead atoms. The lowest BCUT2D eigenvalue weighted by Gasteiger charge is -2.41. The van der Waals surface area contributed by atoms with Crippen LogP contribution in [0.15, 0.2) is 0 Å². The second-order valence-electron chi connectivity index (χ2n) is 27.3. The van der Waals surface area contributed by atoms with E-state index in [0.717, 1.165) is 54.4 Å². The van der Waals surface area contributed by atoms with E-state index < -0.39 is 211 Å². The normalized spacial score (nSPS) is 30.4. The first-order chi connectivity index (χ1) is 45.3. The first-order valence-electron chi connectivity index (χ1n) is 36.6. The average Bonchev–Trinajstić information content (AvgIpc) is 0.814. The molecule has 4 aliphatic heterocycles. The lowest BCUT2D eigenvalue weighted by Crippen LogP contribution is -2.62. The molecule has 0 amide bonds. The van der Waals surface area contributed by atoms with E-state index in [1.165, 1.54) is 18.5 Å². The van der Waals surface area contributed by atoms with Crippen molar-refractivity contribution in [2.75, 3.05) is 14.2 Å². The molecule has 17 atom stereocenters. The molecule has 0 spiro atoms. The molecule has 0 radical (unpaired) electrons. The average molecular weight is 1810 g/mol. The summed E-state index contributed by atoms with van der Waals surface area (Å²) in [4.78, 5) is 0. The van der Waals surface area contributed by atoms with E-state index in [1.807, 2.05) is 40.8 Å². The summed E-state index contributed by atoms with van der Waals surface area (Å²) in [6.07, 6.45) is 2.19. The highest BCUT2D eigenvalue weighted by Gasteiger charge is 2.53. The molecule has 586 valence electrons. The number of hydrogen-bond donors (Lipinski definition) is 0. The van der Waals surface area contributed by atoms with Crippen molar-refractivity contribution in [3.05, 3.63) is 0 Å². The lowest BCUT2D eigenvalue weighted by molar-refractivity contribution is 0.134. The number of hydrogen-bond acceptors (Lipinski definition) is 24. The van der Waals surface area contributed by atoms with Gasteiger partial charge in [0.25, 0.3) is 67.9 Å². The van der Waals surface area contributed by atoms with Gasteiger partial charge in [-0.1, -0.05) is 60.7 Å². The van der Waals surface area contributed by atoms with Crippen molar-refractivity contribution in [3.8, 4) is 0 Å². The van der Waals surface area contributed by atoms with Crippen LogP contribution >= 0.6 is 0 Å². The van der Waals surface area contributed by atoms with Crippen LogP contribution in [0.3, 0.4) is 0 Å². The minimum absolute atomic E-state index is 0.0756. The third-order valence-electron chi connectivity index (χ3n) is 14.8. The van der Waals surface area contributed by atoms with E-state index in [4.69, 9.17) is 91.8 Å². The van der Waals surface area contributed by atoms with Gasteiger partial charge < -0.3 is 101 Å². The highest BCUT2D eigenvalue weighted by molar-refractivity contribution is 6.89. The zero-order valence-corrected chi connectivity index (χ0v) is 97.2. The van der Waals surface area contributed by atoms with Gasteiger partial charge in [0.2, 0.25) is 0 Å². The predicted molar refractivity (Wildman–Crippen MR) is 465 cm³/mol. The van der Waals surface area contributed by atoms with Crippen LogP contribution in [0, 0.1) is 0 Å². The molecule has 97 heavy (non-hydrogen) atoms. The SMILES string of the molecule is CC.CC.CCC[SiH]1CC(C)O[SiH](C)O[SiH](C)O1.CO[SiH2]C.CO[SiH2]C.C[SiH2]O[Si](O[SiH2]O[SiH2]O[Si](C)(C)CC[SiH]1OC(C)C[SiH](C)O[SiH](C)O1)(O[SiH2]O[SiH2]O[Si](C)(C)CC[SiH]1O[SiH](C)CC(C)O[SiH](C)O1)O[Si](C)(C)O[Si](C)(C)O[Si](C)(C)CC[SiH]1OC(C)C[SiH](C)O[SiH](C)O1. The van der Waals surface area contributed by atoms with Gasteiger partial charge in [0.05, 0.1) is 0 Å². The van der Waals surface area contributed by atoms with Crippen LogP contribution in [0.1, 0.15) is 68.7 Å². The summed E-state index contributed by atoms with van der Waals surface area (Å²) in [5.74, 6) is 0. The van der Waals surface area contributed by atoms with Gasteiger partial charge in [-0.2, -0.15) is 0 Å². The molecule has 24 nitrogen and oxygen atoms in total. The molecule has 4 fully saturated rings. The van der Waals surface area contributed by atoms with Gasteiger partial charge in [0.15, 0.2) is 90.4 Å². The van der Waals surface area contributed by atoms with Crippen molar-refractivity contribution < 1.29 is 101 Å². The zero-order chi connectivity index (χ0) is 74.6. The molecule has 0 N–H and O–H groups in total. The highest BCUT2D eigenvalue weighted by Crippen LogP contribution is 2.30. The molecule has 0 saturated carbocycles. The maximum absolute atomic E-state index is 7.05. The summed E-state index contributed by atoms with van der Waals surface area (Å²) >= 11 is 0. The van der Waals surface area contributed by atoms with Crippen molar-refractivity contribution in [1.82, 2.24) is 0 Å². The van der Waals surface area contributed by atoms with E-state index >= 15 is 0 Å². The Labute approximate surface area is 637 Å². The minimum atomic E-state index is -3.77. The number of rotatable bonds is 33. The fourth-order valence-corrected chi connectivity index (χ4v) is 87.2. The Hall–Kier alpha value is 4.46. The van der Waals surface area contributed by atoms with Crippen molar-refractivity contribution in [2.45, 2.75) is 297 Å². The molecule has 17 unspecified atom stereocenters. The molecule has 0 aromatic rings. The first kappa shape index (κ1) is 104.